The molecule has 0 aromatic carbocycles. The highest BCUT2D eigenvalue weighted by molar-refractivity contribution is 5.76. The highest BCUT2D eigenvalue weighted by atomic mass is 16.2. The van der Waals surface area contributed by atoms with Gasteiger partial charge in [0.05, 0.1) is 0 Å². The van der Waals surface area contributed by atoms with Gasteiger partial charge in [-0.2, -0.15) is 0 Å². The van der Waals surface area contributed by atoms with Crippen LogP contribution in [0.2, 0.25) is 0 Å². The second-order valence-corrected chi connectivity index (χ2v) is 5.06. The van der Waals surface area contributed by atoms with Crippen LogP contribution in [0.3, 0.4) is 0 Å². The minimum absolute atomic E-state index is 0.310. The van der Waals surface area contributed by atoms with Crippen LogP contribution in [0.15, 0.2) is 0 Å². The molecule has 1 heterocycles. The van der Waals surface area contributed by atoms with Crippen molar-refractivity contribution in [3.8, 4) is 0 Å². The summed E-state index contributed by atoms with van der Waals surface area (Å²) in [4.78, 5) is 16.3. The minimum atomic E-state index is 0.310. The third-order valence-electron chi connectivity index (χ3n) is 3.89. The van der Waals surface area contributed by atoms with E-state index >= 15 is 0 Å². The van der Waals surface area contributed by atoms with E-state index in [1.165, 1.54) is 19.4 Å². The van der Waals surface area contributed by atoms with Crippen LogP contribution < -0.4 is 5.32 Å². The average Bonchev–Trinajstić information content (AvgIpc) is 2.79. The Hall–Kier alpha value is -0.610. The van der Waals surface area contributed by atoms with Crippen LogP contribution in [0.4, 0.5) is 0 Å². The largest absolute Gasteiger partial charge is 0.343 e. The lowest BCUT2D eigenvalue weighted by Crippen LogP contribution is -2.38. The summed E-state index contributed by atoms with van der Waals surface area (Å²) < 4.78 is 0. The van der Waals surface area contributed by atoms with E-state index in [0.29, 0.717) is 18.4 Å². The molecule has 18 heavy (non-hydrogen) atoms. The van der Waals surface area contributed by atoms with Crippen molar-refractivity contribution in [1.82, 2.24) is 15.1 Å². The Labute approximate surface area is 112 Å². The molecule has 1 atom stereocenters. The Bertz CT molecular complexity index is 241. The highest BCUT2D eigenvalue weighted by Gasteiger charge is 2.23. The number of nitrogens with zero attached hydrogens (tertiary/aromatic N) is 2. The first-order valence-corrected chi connectivity index (χ1v) is 7.39. The summed E-state index contributed by atoms with van der Waals surface area (Å²) >= 11 is 0. The van der Waals surface area contributed by atoms with E-state index in [2.05, 4.69) is 10.2 Å². The van der Waals surface area contributed by atoms with Crippen LogP contribution in [-0.2, 0) is 4.79 Å². The van der Waals surface area contributed by atoms with Gasteiger partial charge in [0.25, 0.3) is 0 Å². The van der Waals surface area contributed by atoms with Gasteiger partial charge >= 0.3 is 0 Å². The lowest BCUT2D eigenvalue weighted by molar-refractivity contribution is -0.131. The summed E-state index contributed by atoms with van der Waals surface area (Å²) in [5.74, 6) is 0.310. The molecular formula is C14H29N3O. The van der Waals surface area contributed by atoms with Crippen molar-refractivity contribution in [2.45, 2.75) is 45.6 Å². The summed E-state index contributed by atoms with van der Waals surface area (Å²) in [5, 5.41) is 3.26. The van der Waals surface area contributed by atoms with Gasteiger partial charge in [-0.05, 0) is 53.2 Å². The Morgan fingerprint density at radius 2 is 2.11 bits per heavy atom. The summed E-state index contributed by atoms with van der Waals surface area (Å²) in [6, 6.07) is 0.679. The van der Waals surface area contributed by atoms with Crippen LogP contribution in [0.25, 0.3) is 0 Å². The van der Waals surface area contributed by atoms with Crippen LogP contribution in [-0.4, -0.2) is 61.5 Å². The number of carbonyl (C=O) groups is 1. The van der Waals surface area contributed by atoms with Crippen molar-refractivity contribution in [3.63, 3.8) is 0 Å². The molecular weight excluding hydrogens is 226 g/mol. The van der Waals surface area contributed by atoms with Crippen molar-refractivity contribution in [2.75, 3.05) is 39.8 Å². The van der Waals surface area contributed by atoms with Crippen LogP contribution in [0, 0.1) is 0 Å². The summed E-state index contributed by atoms with van der Waals surface area (Å²) in [5.41, 5.74) is 0. The Morgan fingerprint density at radius 3 is 2.72 bits per heavy atom. The third-order valence-corrected chi connectivity index (χ3v) is 3.89. The van der Waals surface area contributed by atoms with Gasteiger partial charge in [-0.3, -0.25) is 9.69 Å². The minimum Gasteiger partial charge on any atom is -0.343 e. The number of amides is 1. The molecule has 1 amide bonds. The van der Waals surface area contributed by atoms with Gasteiger partial charge in [-0.1, -0.05) is 0 Å². The molecule has 0 saturated carbocycles. The zero-order chi connectivity index (χ0) is 13.4. The fourth-order valence-corrected chi connectivity index (χ4v) is 2.82. The predicted molar refractivity (Wildman–Crippen MR) is 75.7 cm³/mol. The molecule has 4 nitrogen and oxygen atoms in total. The Morgan fingerprint density at radius 1 is 1.39 bits per heavy atom. The first-order chi connectivity index (χ1) is 8.72. The fraction of sp³-hybridized carbons (Fsp3) is 0.929. The van der Waals surface area contributed by atoms with Crippen molar-refractivity contribution in [3.05, 3.63) is 0 Å². The molecule has 1 unspecified atom stereocenters. The van der Waals surface area contributed by atoms with Gasteiger partial charge in [-0.15, -0.1) is 0 Å². The van der Waals surface area contributed by atoms with Crippen molar-refractivity contribution in [1.29, 1.82) is 0 Å². The van der Waals surface area contributed by atoms with Crippen LogP contribution >= 0.6 is 0 Å². The van der Waals surface area contributed by atoms with E-state index < -0.39 is 0 Å². The van der Waals surface area contributed by atoms with Gasteiger partial charge in [0.2, 0.25) is 5.91 Å². The second-order valence-electron chi connectivity index (χ2n) is 5.06. The normalized spacial score (nSPS) is 20.3. The molecule has 0 spiro atoms. The smallest absolute Gasteiger partial charge is 0.222 e. The summed E-state index contributed by atoms with van der Waals surface area (Å²) in [6.07, 6.45) is 4.29. The standard InChI is InChI=1S/C14H29N3O/c1-4-16(5-2)14(18)9-7-11-17-10-6-8-13(17)12-15-3/h13,15H,4-12H2,1-3H3. The monoisotopic (exact) mass is 255 g/mol. The first kappa shape index (κ1) is 15.4. The topological polar surface area (TPSA) is 35.6 Å². The molecule has 106 valence electrons. The molecule has 4 heteroatoms. The molecule has 0 bridgehead atoms. The van der Waals surface area contributed by atoms with Gasteiger partial charge in [0.1, 0.15) is 0 Å². The van der Waals surface area contributed by atoms with Crippen LogP contribution in [0.1, 0.15) is 39.5 Å². The van der Waals surface area contributed by atoms with Gasteiger partial charge in [-0.25, -0.2) is 0 Å². The molecule has 1 rings (SSSR count). The highest BCUT2D eigenvalue weighted by Crippen LogP contribution is 2.17. The van der Waals surface area contributed by atoms with Gasteiger partial charge in [0.15, 0.2) is 0 Å². The Kier molecular flexibility index (Phi) is 7.28. The molecule has 0 aromatic rings. The predicted octanol–water partition coefficient (Wildman–Crippen LogP) is 1.32. The van der Waals surface area contributed by atoms with E-state index in [1.807, 2.05) is 25.8 Å². The zero-order valence-electron chi connectivity index (χ0n) is 12.2. The number of rotatable bonds is 8. The maximum Gasteiger partial charge on any atom is 0.222 e. The fourth-order valence-electron chi connectivity index (χ4n) is 2.82. The van der Waals surface area contributed by atoms with E-state index in [0.717, 1.165) is 32.6 Å². The number of nitrogens with one attached hydrogen (secondary N) is 1. The van der Waals surface area contributed by atoms with E-state index in [4.69, 9.17) is 0 Å². The lowest BCUT2D eigenvalue weighted by Gasteiger charge is -2.24. The maximum absolute atomic E-state index is 11.9. The van der Waals surface area contributed by atoms with E-state index in [9.17, 15) is 4.79 Å². The molecule has 0 aliphatic carbocycles. The van der Waals surface area contributed by atoms with Crippen LogP contribution in [0.5, 0.6) is 0 Å². The van der Waals surface area contributed by atoms with E-state index in [1.54, 1.807) is 0 Å². The Balaban J connectivity index is 2.22. The van der Waals surface area contributed by atoms with E-state index in [-0.39, 0.29) is 0 Å². The lowest BCUT2D eigenvalue weighted by atomic mass is 10.2. The number of likely N-dealkylation sites (N-methyl/N-ethyl adjacent to an activating group) is 1. The third kappa shape index (κ3) is 4.58. The van der Waals surface area contributed by atoms with Gasteiger partial charge < -0.3 is 10.2 Å². The first-order valence-electron chi connectivity index (χ1n) is 7.39. The van der Waals surface area contributed by atoms with Crippen molar-refractivity contribution >= 4 is 5.91 Å². The number of hydrogen-bond donors (Lipinski definition) is 1. The molecule has 1 fully saturated rings. The molecule has 1 aliphatic heterocycles. The average molecular weight is 255 g/mol. The molecule has 1 saturated heterocycles. The molecule has 1 aliphatic rings. The second kappa shape index (κ2) is 8.48. The SMILES string of the molecule is CCN(CC)C(=O)CCCN1CCCC1CNC. The number of likely N-dealkylation sites (tertiary alicyclic amines) is 1. The maximum atomic E-state index is 11.9. The quantitative estimate of drug-likeness (QED) is 0.710. The summed E-state index contributed by atoms with van der Waals surface area (Å²) in [7, 11) is 2.01. The summed E-state index contributed by atoms with van der Waals surface area (Å²) in [6.45, 7) is 9.10. The molecule has 0 aromatic heterocycles. The van der Waals surface area contributed by atoms with Gasteiger partial charge in [0, 0.05) is 32.1 Å². The molecule has 1 N–H and O–H groups in total. The number of hydrogen-bond acceptors (Lipinski definition) is 3. The molecule has 0 radical (unpaired) electrons. The zero-order valence-corrected chi connectivity index (χ0v) is 12.2. The van der Waals surface area contributed by atoms with Crippen molar-refractivity contribution in [2.24, 2.45) is 0 Å². The number of carbonyl (C=O) groups excluding carboxylic acids is 1. The van der Waals surface area contributed by atoms with Crippen molar-refractivity contribution < 1.29 is 4.79 Å².